The minimum Gasteiger partial charge on any atom is -0.409 e. The van der Waals surface area contributed by atoms with Crippen molar-refractivity contribution in [1.82, 2.24) is 5.32 Å². The average molecular weight is 229 g/mol. The molecule has 94 valence electrons. The molecule has 1 atom stereocenters. The van der Waals surface area contributed by atoms with E-state index in [0.29, 0.717) is 6.54 Å². The lowest BCUT2D eigenvalue weighted by Crippen LogP contribution is -2.49. The molecule has 0 saturated heterocycles. The van der Waals surface area contributed by atoms with E-state index >= 15 is 0 Å². The Balaban J connectivity index is 2.42. The third-order valence-corrected chi connectivity index (χ3v) is 3.34. The first-order chi connectivity index (χ1) is 7.61. The molecule has 0 bridgehead atoms. The van der Waals surface area contributed by atoms with Crippen molar-refractivity contribution in [3.05, 3.63) is 0 Å². The highest BCUT2D eigenvalue weighted by Crippen LogP contribution is 2.27. The zero-order valence-corrected chi connectivity index (χ0v) is 9.95. The van der Waals surface area contributed by atoms with E-state index in [1.165, 1.54) is 6.42 Å². The summed E-state index contributed by atoms with van der Waals surface area (Å²) in [4.78, 5) is 0. The topological polar surface area (TPSA) is 90.9 Å². The Kier molecular flexibility index (Phi) is 5.02. The molecule has 16 heavy (non-hydrogen) atoms. The summed E-state index contributed by atoms with van der Waals surface area (Å²) in [5, 5.41) is 25.0. The van der Waals surface area contributed by atoms with Crippen LogP contribution < -0.4 is 11.1 Å². The Hall–Kier alpha value is -0.810. The van der Waals surface area contributed by atoms with Gasteiger partial charge in [-0.25, -0.2) is 0 Å². The van der Waals surface area contributed by atoms with Crippen LogP contribution in [-0.2, 0) is 0 Å². The third-order valence-electron chi connectivity index (χ3n) is 3.34. The normalized spacial score (nSPS) is 23.0. The van der Waals surface area contributed by atoms with Crippen molar-refractivity contribution in [1.29, 1.82) is 0 Å². The maximum Gasteiger partial charge on any atom is 0.156 e. The Labute approximate surface area is 96.7 Å². The van der Waals surface area contributed by atoms with Crippen molar-refractivity contribution < 1.29 is 10.3 Å². The highest BCUT2D eigenvalue weighted by molar-refractivity contribution is 5.85. The van der Waals surface area contributed by atoms with Gasteiger partial charge in [-0.05, 0) is 19.3 Å². The third kappa shape index (κ3) is 3.64. The summed E-state index contributed by atoms with van der Waals surface area (Å²) in [5.41, 5.74) is 4.93. The molecule has 0 aromatic heterocycles. The maximum absolute atomic E-state index is 10.3. The summed E-state index contributed by atoms with van der Waals surface area (Å²) in [6.45, 7) is 2.47. The fourth-order valence-corrected chi connectivity index (χ4v) is 2.23. The maximum atomic E-state index is 10.3. The van der Waals surface area contributed by atoms with E-state index in [2.05, 4.69) is 10.5 Å². The van der Waals surface area contributed by atoms with Gasteiger partial charge < -0.3 is 21.4 Å². The minimum absolute atomic E-state index is 0.157. The molecular formula is C11H23N3O2. The van der Waals surface area contributed by atoms with E-state index in [4.69, 9.17) is 10.9 Å². The summed E-state index contributed by atoms with van der Waals surface area (Å²) in [5.74, 6) is 0.182. The van der Waals surface area contributed by atoms with Gasteiger partial charge in [-0.1, -0.05) is 31.3 Å². The molecule has 0 spiro atoms. The molecule has 0 aromatic rings. The number of nitrogens with two attached hydrogens (primary N) is 1. The first-order valence-corrected chi connectivity index (χ1v) is 6.04. The van der Waals surface area contributed by atoms with Gasteiger partial charge in [0.25, 0.3) is 0 Å². The van der Waals surface area contributed by atoms with Gasteiger partial charge in [0.15, 0.2) is 5.84 Å². The molecule has 1 saturated carbocycles. The number of aliphatic hydroxyl groups is 1. The smallest absolute Gasteiger partial charge is 0.156 e. The number of nitrogens with one attached hydrogen (secondary N) is 1. The average Bonchev–Trinajstić information content (AvgIpc) is 2.30. The molecule has 0 aromatic carbocycles. The lowest BCUT2D eigenvalue weighted by atomic mass is 9.84. The van der Waals surface area contributed by atoms with Gasteiger partial charge in [-0.15, -0.1) is 0 Å². The summed E-state index contributed by atoms with van der Waals surface area (Å²) < 4.78 is 0. The molecule has 5 N–H and O–H groups in total. The molecule has 0 aliphatic heterocycles. The van der Waals surface area contributed by atoms with Gasteiger partial charge in [0.05, 0.1) is 11.6 Å². The van der Waals surface area contributed by atoms with E-state index in [1.54, 1.807) is 0 Å². The number of amidine groups is 1. The monoisotopic (exact) mass is 229 g/mol. The molecule has 0 amide bonds. The molecule has 1 aliphatic rings. The molecule has 1 rings (SSSR count). The number of rotatable bonds is 5. The van der Waals surface area contributed by atoms with Crippen LogP contribution >= 0.6 is 0 Å². The molecule has 5 nitrogen and oxygen atoms in total. The molecule has 1 aliphatic carbocycles. The molecular weight excluding hydrogens is 206 g/mol. The Morgan fingerprint density at radius 3 is 2.56 bits per heavy atom. The van der Waals surface area contributed by atoms with E-state index < -0.39 is 5.60 Å². The predicted octanol–water partition coefficient (Wildman–Crippen LogP) is 0.796. The highest BCUT2D eigenvalue weighted by Gasteiger charge is 2.29. The fourth-order valence-electron chi connectivity index (χ4n) is 2.23. The highest BCUT2D eigenvalue weighted by atomic mass is 16.4. The number of nitrogens with zero attached hydrogens (tertiary/aromatic N) is 1. The van der Waals surface area contributed by atoms with Crippen LogP contribution in [0.15, 0.2) is 5.16 Å². The molecule has 1 fully saturated rings. The quantitative estimate of drug-likeness (QED) is 0.243. The summed E-state index contributed by atoms with van der Waals surface area (Å²) in [7, 11) is 0. The molecule has 1 unspecified atom stereocenters. The van der Waals surface area contributed by atoms with Crippen molar-refractivity contribution >= 4 is 5.84 Å². The van der Waals surface area contributed by atoms with Gasteiger partial charge in [0.1, 0.15) is 0 Å². The van der Waals surface area contributed by atoms with Gasteiger partial charge in [0, 0.05) is 6.54 Å². The summed E-state index contributed by atoms with van der Waals surface area (Å²) >= 11 is 0. The lowest BCUT2D eigenvalue weighted by molar-refractivity contribution is 0.00394. The first kappa shape index (κ1) is 13.3. The van der Waals surface area contributed by atoms with Crippen LogP contribution in [0, 0.1) is 0 Å². The van der Waals surface area contributed by atoms with E-state index in [9.17, 15) is 5.11 Å². The van der Waals surface area contributed by atoms with Crippen molar-refractivity contribution in [3.8, 4) is 0 Å². The van der Waals surface area contributed by atoms with E-state index in [0.717, 1.165) is 32.1 Å². The molecule has 5 heteroatoms. The van der Waals surface area contributed by atoms with Crippen LogP contribution in [0.2, 0.25) is 0 Å². The largest absolute Gasteiger partial charge is 0.409 e. The van der Waals surface area contributed by atoms with Crippen LogP contribution in [-0.4, -0.2) is 34.3 Å². The van der Waals surface area contributed by atoms with Crippen molar-refractivity contribution in [3.63, 3.8) is 0 Å². The van der Waals surface area contributed by atoms with Gasteiger partial charge in [-0.3, -0.25) is 0 Å². The fraction of sp³-hybridized carbons (Fsp3) is 0.909. The zero-order valence-electron chi connectivity index (χ0n) is 9.95. The van der Waals surface area contributed by atoms with Crippen LogP contribution in [0.3, 0.4) is 0 Å². The summed E-state index contributed by atoms with van der Waals surface area (Å²) in [6.07, 6.45) is 5.79. The standard InChI is InChI=1S/C11H23N3O2/c1-2-9(10(12)14-16)13-8-11(15)6-4-3-5-7-11/h9,13,15-16H,2-8H2,1H3,(H2,12,14). The number of hydrogen-bond donors (Lipinski definition) is 4. The van der Waals surface area contributed by atoms with Gasteiger partial charge in [0.2, 0.25) is 0 Å². The van der Waals surface area contributed by atoms with Crippen LogP contribution in [0.1, 0.15) is 45.4 Å². The summed E-state index contributed by atoms with van der Waals surface area (Å²) in [6, 6.07) is -0.157. The molecule has 0 heterocycles. The SMILES string of the molecule is CCC(NCC1(O)CCCCC1)C(N)=NO. The lowest BCUT2D eigenvalue weighted by Gasteiger charge is -2.33. The van der Waals surface area contributed by atoms with Crippen molar-refractivity contribution in [2.24, 2.45) is 10.9 Å². The minimum atomic E-state index is -0.610. The van der Waals surface area contributed by atoms with E-state index in [1.807, 2.05) is 6.92 Å². The first-order valence-electron chi connectivity index (χ1n) is 6.04. The Bertz CT molecular complexity index is 237. The number of oxime groups is 1. The predicted molar refractivity (Wildman–Crippen MR) is 63.5 cm³/mol. The van der Waals surface area contributed by atoms with Gasteiger partial charge in [-0.2, -0.15) is 0 Å². The van der Waals surface area contributed by atoms with Crippen LogP contribution in [0.4, 0.5) is 0 Å². The Morgan fingerprint density at radius 2 is 2.06 bits per heavy atom. The second-order valence-electron chi connectivity index (χ2n) is 4.65. The van der Waals surface area contributed by atoms with E-state index in [-0.39, 0.29) is 11.9 Å². The Morgan fingerprint density at radius 1 is 1.44 bits per heavy atom. The second kappa shape index (κ2) is 6.06. The van der Waals surface area contributed by atoms with Gasteiger partial charge >= 0.3 is 0 Å². The molecule has 0 radical (unpaired) electrons. The second-order valence-corrected chi connectivity index (χ2v) is 4.65. The number of hydrogen-bond acceptors (Lipinski definition) is 4. The zero-order chi connectivity index (χ0) is 12.0. The van der Waals surface area contributed by atoms with Crippen LogP contribution in [0.25, 0.3) is 0 Å². The van der Waals surface area contributed by atoms with Crippen molar-refractivity contribution in [2.45, 2.75) is 57.1 Å². The van der Waals surface area contributed by atoms with Crippen LogP contribution in [0.5, 0.6) is 0 Å². The van der Waals surface area contributed by atoms with Crippen molar-refractivity contribution in [2.75, 3.05) is 6.54 Å².